The molecule has 100 valence electrons. The number of sulfonamides is 1. The van der Waals surface area contributed by atoms with Crippen molar-refractivity contribution in [3.63, 3.8) is 0 Å². The fraction of sp³-hybridized carbons (Fsp3) is 0.500. The van der Waals surface area contributed by atoms with E-state index < -0.39 is 10.0 Å². The maximum absolute atomic E-state index is 12.3. The molecule has 0 bridgehead atoms. The number of para-hydroxylation sites is 1. The third-order valence-corrected chi connectivity index (χ3v) is 5.16. The Morgan fingerprint density at radius 2 is 2.11 bits per heavy atom. The molecule has 1 atom stereocenters. The smallest absolute Gasteiger partial charge is 0.218 e. The summed E-state index contributed by atoms with van der Waals surface area (Å²) in [5, 5.41) is 9.19. The van der Waals surface area contributed by atoms with Crippen LogP contribution in [0.15, 0.2) is 24.3 Å². The molecule has 18 heavy (non-hydrogen) atoms. The first-order valence-corrected chi connectivity index (χ1v) is 7.59. The van der Waals surface area contributed by atoms with Crippen LogP contribution in [0.4, 0.5) is 5.69 Å². The quantitative estimate of drug-likeness (QED) is 0.783. The van der Waals surface area contributed by atoms with E-state index in [0.717, 1.165) is 12.8 Å². The van der Waals surface area contributed by atoms with Crippen molar-refractivity contribution >= 4 is 15.7 Å². The van der Waals surface area contributed by atoms with Crippen LogP contribution >= 0.6 is 0 Å². The van der Waals surface area contributed by atoms with Gasteiger partial charge in [-0.3, -0.25) is 0 Å². The van der Waals surface area contributed by atoms with Crippen molar-refractivity contribution in [2.75, 3.05) is 18.9 Å². The van der Waals surface area contributed by atoms with Crippen LogP contribution in [0.25, 0.3) is 0 Å². The van der Waals surface area contributed by atoms with Gasteiger partial charge in [0.05, 0.1) is 12.4 Å². The van der Waals surface area contributed by atoms with Crippen molar-refractivity contribution in [1.29, 1.82) is 0 Å². The summed E-state index contributed by atoms with van der Waals surface area (Å²) < 4.78 is 26.0. The average Bonchev–Trinajstić information content (AvgIpc) is 2.81. The van der Waals surface area contributed by atoms with Gasteiger partial charge in [0.2, 0.25) is 10.0 Å². The first-order chi connectivity index (χ1) is 8.54. The lowest BCUT2D eigenvalue weighted by atomic mass is 10.2. The molecule has 6 heteroatoms. The summed E-state index contributed by atoms with van der Waals surface area (Å²) in [6.07, 6.45) is 1.52. The zero-order chi connectivity index (χ0) is 13.2. The summed E-state index contributed by atoms with van der Waals surface area (Å²) in [4.78, 5) is 0. The number of hydrogen-bond donors (Lipinski definition) is 2. The lowest BCUT2D eigenvalue weighted by molar-refractivity contribution is 0.213. The fourth-order valence-electron chi connectivity index (χ4n) is 2.30. The highest BCUT2D eigenvalue weighted by molar-refractivity contribution is 7.88. The lowest BCUT2D eigenvalue weighted by Crippen LogP contribution is -2.38. The van der Waals surface area contributed by atoms with Crippen molar-refractivity contribution in [2.24, 2.45) is 0 Å². The Morgan fingerprint density at radius 3 is 2.78 bits per heavy atom. The fourth-order valence-corrected chi connectivity index (χ4v) is 4.16. The van der Waals surface area contributed by atoms with Gasteiger partial charge in [-0.25, -0.2) is 8.42 Å². The molecule has 0 radical (unpaired) electrons. The molecule has 5 nitrogen and oxygen atoms in total. The predicted octanol–water partition coefficient (Wildman–Crippen LogP) is 0.555. The van der Waals surface area contributed by atoms with Crippen molar-refractivity contribution in [1.82, 2.24) is 4.31 Å². The number of anilines is 1. The van der Waals surface area contributed by atoms with Crippen LogP contribution in [-0.2, 0) is 15.8 Å². The number of rotatable bonds is 4. The third kappa shape index (κ3) is 2.66. The molecule has 1 aliphatic rings. The second kappa shape index (κ2) is 5.26. The summed E-state index contributed by atoms with van der Waals surface area (Å²) in [6, 6.07) is 6.68. The molecule has 0 saturated carbocycles. The molecule has 0 aliphatic carbocycles. The Balaban J connectivity index is 2.20. The van der Waals surface area contributed by atoms with E-state index >= 15 is 0 Å². The van der Waals surface area contributed by atoms with Gasteiger partial charge in [0.15, 0.2) is 0 Å². The number of nitrogens with zero attached hydrogens (tertiary/aromatic N) is 1. The second-order valence-corrected chi connectivity index (χ2v) is 6.47. The number of nitrogens with two attached hydrogens (primary N) is 1. The lowest BCUT2D eigenvalue weighted by Gasteiger charge is -2.22. The minimum atomic E-state index is -3.40. The Labute approximate surface area is 107 Å². The normalized spacial score (nSPS) is 21.3. The van der Waals surface area contributed by atoms with Gasteiger partial charge in [-0.1, -0.05) is 18.2 Å². The highest BCUT2D eigenvalue weighted by Crippen LogP contribution is 2.24. The van der Waals surface area contributed by atoms with Gasteiger partial charge >= 0.3 is 0 Å². The first-order valence-electron chi connectivity index (χ1n) is 5.98. The Bertz CT molecular complexity index is 516. The minimum absolute atomic E-state index is 0.101. The van der Waals surface area contributed by atoms with E-state index in [1.165, 1.54) is 4.31 Å². The Hall–Kier alpha value is -1.11. The molecule has 1 fully saturated rings. The Kier molecular flexibility index (Phi) is 3.89. The Morgan fingerprint density at radius 1 is 1.39 bits per heavy atom. The van der Waals surface area contributed by atoms with Gasteiger partial charge in [0.1, 0.15) is 0 Å². The number of benzene rings is 1. The summed E-state index contributed by atoms with van der Waals surface area (Å²) in [5.74, 6) is -0.101. The third-order valence-electron chi connectivity index (χ3n) is 3.28. The molecule has 1 aliphatic heterocycles. The highest BCUT2D eigenvalue weighted by atomic mass is 32.2. The van der Waals surface area contributed by atoms with Crippen LogP contribution in [0.2, 0.25) is 0 Å². The largest absolute Gasteiger partial charge is 0.398 e. The van der Waals surface area contributed by atoms with Gasteiger partial charge in [0, 0.05) is 18.3 Å². The molecule has 0 amide bonds. The molecular formula is C12H18N2O3S. The summed E-state index contributed by atoms with van der Waals surface area (Å²) in [7, 11) is -3.40. The van der Waals surface area contributed by atoms with E-state index in [0.29, 0.717) is 17.8 Å². The van der Waals surface area contributed by atoms with Gasteiger partial charge in [0.25, 0.3) is 0 Å². The molecule has 3 N–H and O–H groups in total. The van der Waals surface area contributed by atoms with Gasteiger partial charge in [-0.15, -0.1) is 0 Å². The predicted molar refractivity (Wildman–Crippen MR) is 70.3 cm³/mol. The summed E-state index contributed by atoms with van der Waals surface area (Å²) >= 11 is 0. The van der Waals surface area contributed by atoms with Crippen molar-refractivity contribution in [2.45, 2.75) is 24.6 Å². The highest BCUT2D eigenvalue weighted by Gasteiger charge is 2.33. The molecule has 0 aromatic heterocycles. The number of aliphatic hydroxyl groups is 1. The van der Waals surface area contributed by atoms with E-state index in [-0.39, 0.29) is 18.4 Å². The van der Waals surface area contributed by atoms with Gasteiger partial charge < -0.3 is 10.8 Å². The van der Waals surface area contributed by atoms with E-state index in [1.807, 2.05) is 0 Å². The van der Waals surface area contributed by atoms with Crippen LogP contribution in [0.1, 0.15) is 18.4 Å². The standard InChI is InChI=1S/C12H18N2O3S/c13-12-6-2-1-4-10(12)9-18(16,17)14-7-3-5-11(14)8-15/h1-2,4,6,11,15H,3,5,7-9,13H2/t11-/m1/s1. The van der Waals surface area contributed by atoms with Crippen molar-refractivity contribution in [3.05, 3.63) is 29.8 Å². The van der Waals surface area contributed by atoms with Crippen LogP contribution in [0.3, 0.4) is 0 Å². The van der Waals surface area contributed by atoms with Crippen molar-refractivity contribution < 1.29 is 13.5 Å². The minimum Gasteiger partial charge on any atom is -0.398 e. The molecule has 0 spiro atoms. The SMILES string of the molecule is Nc1ccccc1CS(=O)(=O)N1CCC[C@@H]1CO. The van der Waals surface area contributed by atoms with Gasteiger partial charge in [-0.05, 0) is 24.5 Å². The zero-order valence-corrected chi connectivity index (χ0v) is 10.9. The van der Waals surface area contributed by atoms with Gasteiger partial charge in [-0.2, -0.15) is 4.31 Å². The maximum Gasteiger partial charge on any atom is 0.218 e. The molecule has 1 aromatic rings. The van der Waals surface area contributed by atoms with E-state index in [1.54, 1.807) is 24.3 Å². The number of hydrogen-bond acceptors (Lipinski definition) is 4. The molecule has 1 heterocycles. The molecule has 2 rings (SSSR count). The van der Waals surface area contributed by atoms with Crippen LogP contribution in [0.5, 0.6) is 0 Å². The van der Waals surface area contributed by atoms with E-state index in [4.69, 9.17) is 5.73 Å². The number of aliphatic hydroxyl groups excluding tert-OH is 1. The average molecular weight is 270 g/mol. The van der Waals surface area contributed by atoms with Crippen LogP contribution in [-0.4, -0.2) is 37.0 Å². The molecule has 1 aromatic carbocycles. The van der Waals surface area contributed by atoms with Crippen LogP contribution < -0.4 is 5.73 Å². The molecule has 1 saturated heterocycles. The first kappa shape index (κ1) is 13.3. The maximum atomic E-state index is 12.3. The monoisotopic (exact) mass is 270 g/mol. The van der Waals surface area contributed by atoms with Crippen molar-refractivity contribution in [3.8, 4) is 0 Å². The molecular weight excluding hydrogens is 252 g/mol. The zero-order valence-electron chi connectivity index (χ0n) is 10.1. The number of nitrogen functional groups attached to an aromatic ring is 1. The molecule has 0 unspecified atom stereocenters. The van der Waals surface area contributed by atoms with E-state index in [9.17, 15) is 13.5 Å². The summed E-state index contributed by atoms with van der Waals surface area (Å²) in [6.45, 7) is 0.365. The van der Waals surface area contributed by atoms with E-state index in [2.05, 4.69) is 0 Å². The summed E-state index contributed by atoms with van der Waals surface area (Å²) in [5.41, 5.74) is 6.86. The van der Waals surface area contributed by atoms with Crippen LogP contribution in [0, 0.1) is 0 Å². The second-order valence-electron chi connectivity index (χ2n) is 4.54. The topological polar surface area (TPSA) is 83.6 Å².